The van der Waals surface area contributed by atoms with E-state index in [0.29, 0.717) is 119 Å². The van der Waals surface area contributed by atoms with Gasteiger partial charge in [-0.25, -0.2) is 59.1 Å². The van der Waals surface area contributed by atoms with E-state index in [1.807, 2.05) is 152 Å². The molecule has 0 spiro atoms. The van der Waals surface area contributed by atoms with E-state index in [9.17, 15) is 30.0 Å². The fraction of sp³-hybridized carbons (Fsp3) is 0.522. The highest BCUT2D eigenvalue weighted by Crippen LogP contribution is 2.40. The number of hydrogen-bond acceptors (Lipinski definition) is 30. The number of carbonyl (C=O) groups excluding carboxylic acids is 2. The summed E-state index contributed by atoms with van der Waals surface area (Å²) in [5, 5.41) is 60.9. The Bertz CT molecular complexity index is 6220. The maximum absolute atomic E-state index is 12.6. The molecule has 5 fully saturated rings. The summed E-state index contributed by atoms with van der Waals surface area (Å²) in [7, 11) is 24.8. The van der Waals surface area contributed by atoms with Crippen LogP contribution >= 0.6 is 0 Å². The van der Waals surface area contributed by atoms with Gasteiger partial charge < -0.3 is 99.5 Å². The number of likely N-dealkylation sites (N-methyl/N-ethyl adjacent to an activating group) is 4. The second-order valence-electron chi connectivity index (χ2n) is 41.0. The van der Waals surface area contributed by atoms with E-state index >= 15 is 0 Å². The number of ether oxygens (including phenoxy) is 4. The molecule has 4 saturated carbocycles. The molecule has 4 unspecified atom stereocenters. The highest BCUT2D eigenvalue weighted by Gasteiger charge is 2.32. The van der Waals surface area contributed by atoms with Gasteiger partial charge in [-0.15, -0.1) is 0 Å². The average molecular weight is 2040 g/mol. The Hall–Kier alpha value is -12.9. The van der Waals surface area contributed by atoms with Crippen LogP contribution in [0.25, 0.3) is 85.1 Å². The van der Waals surface area contributed by atoms with Gasteiger partial charge in [0.1, 0.15) is 109 Å². The van der Waals surface area contributed by atoms with Gasteiger partial charge in [-0.05, 0) is 154 Å². The van der Waals surface area contributed by atoms with E-state index in [-0.39, 0.29) is 44.3 Å². The monoisotopic (exact) mass is 2040 g/mol. The van der Waals surface area contributed by atoms with Crippen molar-refractivity contribution in [2.24, 2.45) is 13.0 Å². The highest BCUT2D eigenvalue weighted by molar-refractivity contribution is 5.99. The van der Waals surface area contributed by atoms with Crippen molar-refractivity contribution < 1.29 is 49.0 Å². The first kappa shape index (κ1) is 112. The van der Waals surface area contributed by atoms with E-state index < -0.39 is 24.4 Å². The van der Waals surface area contributed by atoms with Crippen LogP contribution in [0.3, 0.4) is 0 Å². The first-order valence-electron chi connectivity index (χ1n) is 53.3. The van der Waals surface area contributed by atoms with Gasteiger partial charge in [0.2, 0.25) is 0 Å². The molecule has 5 aliphatic rings. The van der Waals surface area contributed by atoms with Gasteiger partial charge in [0.25, 0.3) is 5.91 Å². The summed E-state index contributed by atoms with van der Waals surface area (Å²) in [6.45, 7) is 11.4. The van der Waals surface area contributed by atoms with Crippen LogP contribution in [0.15, 0.2) is 159 Å². The molecule has 12 aromatic rings. The Morgan fingerprint density at radius 1 is 0.403 bits per heavy atom. The largest absolute Gasteiger partial charge is 0.491 e. The fourth-order valence-corrected chi connectivity index (χ4v) is 19.9. The number of imidazole rings is 1. The first-order chi connectivity index (χ1) is 72.1. The number of piperidine rings is 1. The molecular formula is C113H158N26O10. The number of nitrogens with one attached hydrogen (secondary N) is 4. The Morgan fingerprint density at radius 3 is 1.12 bits per heavy atom. The third-order valence-corrected chi connectivity index (χ3v) is 28.5. The Balaban J connectivity index is 0.000000157. The number of anilines is 4. The van der Waals surface area contributed by atoms with Crippen molar-refractivity contribution in [1.82, 2.24) is 110 Å². The lowest BCUT2D eigenvalue weighted by Gasteiger charge is -2.35. The quantitative estimate of drug-likeness (QED) is 0.0177. The number of benzene rings is 4. The molecule has 4 atom stereocenters. The Labute approximate surface area is 878 Å². The van der Waals surface area contributed by atoms with E-state index in [4.69, 9.17) is 58.8 Å². The van der Waals surface area contributed by atoms with Crippen molar-refractivity contribution in [3.63, 3.8) is 0 Å². The van der Waals surface area contributed by atoms with Crippen LogP contribution in [-0.2, 0) is 13.6 Å². The summed E-state index contributed by atoms with van der Waals surface area (Å²) in [6, 6.07) is 41.2. The minimum Gasteiger partial charge on any atom is -0.491 e. The Kier molecular flexibility index (Phi) is 41.2. The molecule has 0 bridgehead atoms. The lowest BCUT2D eigenvalue weighted by atomic mass is 9.92. The highest BCUT2D eigenvalue weighted by atomic mass is 16.5. The van der Waals surface area contributed by atoms with Crippen LogP contribution in [0.5, 0.6) is 23.0 Å². The van der Waals surface area contributed by atoms with Crippen molar-refractivity contribution in [2.45, 2.75) is 223 Å². The summed E-state index contributed by atoms with van der Waals surface area (Å²) in [5.74, 6) is 10.4. The molecule has 8 aromatic heterocycles. The van der Waals surface area contributed by atoms with Gasteiger partial charge in [-0.3, -0.25) is 9.48 Å². The number of fused-ring (bicyclic) bond motifs is 1. The Morgan fingerprint density at radius 2 is 0.765 bits per heavy atom. The molecule has 149 heavy (non-hydrogen) atoms. The van der Waals surface area contributed by atoms with Crippen LogP contribution < -0.4 is 59.8 Å². The zero-order chi connectivity index (χ0) is 106. The van der Waals surface area contributed by atoms with Crippen LogP contribution in [-0.4, -0.2) is 320 Å². The second kappa shape index (κ2) is 55.0. The lowest BCUT2D eigenvalue weighted by molar-refractivity contribution is 0.0829. The molecule has 3 amide bonds. The number of aliphatic hydroxyl groups excluding tert-OH is 4. The number of likely N-dealkylation sites (tertiary alicyclic amines) is 1. The molecule has 8 N–H and O–H groups in total. The summed E-state index contributed by atoms with van der Waals surface area (Å²) < 4.78 is 29.0. The number of amides is 3. The molecule has 36 heteroatoms. The standard InChI is InChI=1S/C30H38N8O3.C29H44N6O3.C28H40N6O2.C26H36N6O2/c1-31-16-23(39)19-41-24-12-8-9-20(13-24)28-34-26(14-27(35-28)37(4)22-10-6-5-7-11-22)21-15-32-29-25(30(40)36(2)3)17-33-38(29)18-21;1-30-19-24(36)20-38-25-12-8-9-22(17-25)28-31-26(21-13-15-35(16-14-21)29(37)33(2)3)18-27(32-28)34(4)23-10-6-5-7-11-23;1-20(2)17-34-18-22(15-30-34)26-14-27(33(4)23-10-6-5-7-11-23)32-28(31-26)21-9-8-12-25(13-21)36-19-24(35)16-29-3;1-18-28-16-24(31(18)3)23-14-25(32(4)20-10-6-5-7-11-20)30-26(29-23)19-9-8-12-22(13-19)34-17-21(33)15-27-2/h8-9,12-15,17-18,22-23,31,39H,5-7,10-11,16,19H2,1-4H3;8-9,12,17-18,21,23-24,30,36H,5-7,10-11,13-16,19-20H2,1-4H3;8-9,12-15,18,20,23-24,29,35H,5-7,10-11,16-17,19H2,1-4H3;8-9,12-14,16,20-21,27,33H,5-7,10-11,15,17H2,1-4H3. The molecule has 9 heterocycles. The van der Waals surface area contributed by atoms with Gasteiger partial charge in [0.15, 0.2) is 28.9 Å². The van der Waals surface area contributed by atoms with Crippen molar-refractivity contribution in [3.8, 4) is 102 Å². The van der Waals surface area contributed by atoms with Crippen LogP contribution in [0, 0.1) is 12.8 Å². The van der Waals surface area contributed by atoms with Gasteiger partial charge in [0.05, 0.1) is 41.4 Å². The molecular weight excluding hydrogens is 1880 g/mol. The molecule has 800 valence electrons. The summed E-state index contributed by atoms with van der Waals surface area (Å²) >= 11 is 0. The minimum atomic E-state index is -0.614. The molecule has 4 aromatic carbocycles. The number of carbonyl (C=O) groups is 2. The number of rotatable bonds is 39. The van der Waals surface area contributed by atoms with Gasteiger partial charge >= 0.3 is 6.03 Å². The lowest BCUT2D eigenvalue weighted by Crippen LogP contribution is -2.43. The zero-order valence-corrected chi connectivity index (χ0v) is 90.2. The predicted octanol–water partition coefficient (Wildman–Crippen LogP) is 15.0. The SMILES string of the molecule is CNCC(O)COc1cccc(-c2nc(-c3cnc(C)n3C)cc(N(C)C3CCCCC3)n2)c1.CNCC(O)COc1cccc(-c2nc(-c3cnc4c(C(=O)N(C)C)cnn4c3)cc(N(C)C3CCCCC3)n2)c1.CNCC(O)COc1cccc(-c2nc(-c3cnn(CC(C)C)c3)cc(N(C)C3CCCCC3)n2)c1.CNCC(O)COc1cccc(-c2nc(C3CCN(C(=O)N(C)C)CC3)cc(N(C)C3CCCCC3)n2)c1. The first-order valence-corrected chi connectivity index (χ1v) is 53.3. The predicted molar refractivity (Wildman–Crippen MR) is 588 cm³/mol. The number of hydrogen-bond donors (Lipinski definition) is 8. The van der Waals surface area contributed by atoms with Gasteiger partial charge in [-0.2, -0.15) is 10.2 Å². The molecule has 0 radical (unpaired) electrons. The van der Waals surface area contributed by atoms with Crippen LogP contribution in [0.1, 0.15) is 183 Å². The number of urea groups is 1. The van der Waals surface area contributed by atoms with Crippen molar-refractivity contribution in [2.75, 3.05) is 170 Å². The third kappa shape index (κ3) is 31.2. The third-order valence-electron chi connectivity index (χ3n) is 28.5. The minimum absolute atomic E-state index is 0.0706. The molecule has 1 saturated heterocycles. The van der Waals surface area contributed by atoms with E-state index in [1.54, 1.807) is 71.1 Å². The van der Waals surface area contributed by atoms with Gasteiger partial charge in [0, 0.05) is 221 Å². The normalized spacial score (nSPS) is 15.8. The van der Waals surface area contributed by atoms with Crippen molar-refractivity contribution in [3.05, 3.63) is 176 Å². The number of aromatic nitrogens is 15. The number of nitrogens with zero attached hydrogens (tertiary/aromatic N) is 22. The second-order valence-corrected chi connectivity index (χ2v) is 41.0. The maximum Gasteiger partial charge on any atom is 0.319 e. The smallest absolute Gasteiger partial charge is 0.319 e. The fourth-order valence-electron chi connectivity index (χ4n) is 19.9. The van der Waals surface area contributed by atoms with E-state index in [1.165, 1.54) is 120 Å². The zero-order valence-electron chi connectivity index (χ0n) is 90.2. The molecule has 4 aliphatic carbocycles. The van der Waals surface area contributed by atoms with Crippen LogP contribution in [0.2, 0.25) is 0 Å². The van der Waals surface area contributed by atoms with Crippen LogP contribution in [0.4, 0.5) is 28.1 Å². The average Bonchev–Trinajstić information content (AvgIpc) is 1.67. The van der Waals surface area contributed by atoms with E-state index in [2.05, 4.69) is 132 Å². The number of aryl methyl sites for hydroxylation is 1. The van der Waals surface area contributed by atoms with Gasteiger partial charge in [-0.1, -0.05) is 139 Å². The van der Waals surface area contributed by atoms with Crippen molar-refractivity contribution in [1.29, 1.82) is 0 Å². The summed E-state index contributed by atoms with van der Waals surface area (Å²) in [5.41, 5.74) is 10.6. The summed E-state index contributed by atoms with van der Waals surface area (Å²) in [4.78, 5) is 88.3. The number of aliphatic hydroxyl groups is 4. The maximum atomic E-state index is 12.6. The molecule has 1 aliphatic heterocycles. The van der Waals surface area contributed by atoms with E-state index in [0.717, 1.165) is 131 Å². The summed E-state index contributed by atoms with van der Waals surface area (Å²) in [6.07, 6.45) is 35.0. The molecule has 17 rings (SSSR count). The van der Waals surface area contributed by atoms with Crippen molar-refractivity contribution >= 4 is 40.9 Å². The molecule has 36 nitrogen and oxygen atoms in total. The topological polar surface area (TPSA) is 392 Å².